The van der Waals surface area contributed by atoms with Crippen LogP contribution in [0.4, 0.5) is 10.6 Å². The minimum Gasteiger partial charge on any atom is -0.476 e. The normalized spacial score (nSPS) is 11.7. The number of hydrogen-bond donors (Lipinski definition) is 3. The number of anilines is 1. The minimum absolute atomic E-state index is 0.0243. The van der Waals surface area contributed by atoms with Crippen LogP contribution in [0.3, 0.4) is 0 Å². The molecule has 0 aromatic carbocycles. The third-order valence-corrected chi connectivity index (χ3v) is 3.39. The summed E-state index contributed by atoms with van der Waals surface area (Å²) in [4.78, 5) is 30.4. The molecule has 1 atom stereocenters. The van der Waals surface area contributed by atoms with Crippen LogP contribution in [-0.4, -0.2) is 27.1 Å². The monoisotopic (exact) mass is 292 g/mol. The summed E-state index contributed by atoms with van der Waals surface area (Å²) in [6.45, 7) is 1.72. The molecule has 0 aliphatic heterocycles. The number of nitrogens with one attached hydrogen (secondary N) is 2. The average Bonchev–Trinajstić information content (AvgIpc) is 2.89. The van der Waals surface area contributed by atoms with Crippen molar-refractivity contribution in [2.75, 3.05) is 5.32 Å². The van der Waals surface area contributed by atoms with Crippen molar-refractivity contribution in [2.24, 2.45) is 0 Å². The van der Waals surface area contributed by atoms with Crippen molar-refractivity contribution in [3.05, 3.63) is 40.5 Å². The molecule has 2 amide bonds. The van der Waals surface area contributed by atoms with Gasteiger partial charge in [-0.25, -0.2) is 19.6 Å². The van der Waals surface area contributed by atoms with Crippen LogP contribution in [0.15, 0.2) is 29.8 Å². The molecule has 0 bridgehead atoms. The summed E-state index contributed by atoms with van der Waals surface area (Å²) in [6, 6.07) is 4.34. The van der Waals surface area contributed by atoms with E-state index in [4.69, 9.17) is 5.11 Å². The Morgan fingerprint density at radius 3 is 2.80 bits per heavy atom. The van der Waals surface area contributed by atoms with Crippen LogP contribution >= 0.6 is 11.3 Å². The molecule has 0 aliphatic carbocycles. The number of nitrogens with zero attached hydrogens (tertiary/aromatic N) is 2. The molecule has 2 aromatic rings. The molecule has 2 heterocycles. The van der Waals surface area contributed by atoms with E-state index in [1.807, 2.05) is 0 Å². The highest BCUT2D eigenvalue weighted by atomic mass is 32.1. The van der Waals surface area contributed by atoms with Crippen molar-refractivity contribution in [3.63, 3.8) is 0 Å². The summed E-state index contributed by atoms with van der Waals surface area (Å²) in [5, 5.41) is 16.0. The summed E-state index contributed by atoms with van der Waals surface area (Å²) in [5.74, 6) is -0.653. The number of thiazole rings is 1. The van der Waals surface area contributed by atoms with Crippen molar-refractivity contribution in [2.45, 2.75) is 13.0 Å². The first-order valence-corrected chi connectivity index (χ1v) is 6.61. The first-order chi connectivity index (χ1) is 9.56. The van der Waals surface area contributed by atoms with Crippen LogP contribution < -0.4 is 10.6 Å². The molecule has 1 unspecified atom stereocenters. The summed E-state index contributed by atoms with van der Waals surface area (Å²) >= 11 is 1.18. The molecule has 7 nitrogen and oxygen atoms in total. The molecule has 0 spiro atoms. The zero-order valence-electron chi connectivity index (χ0n) is 10.5. The third kappa shape index (κ3) is 3.51. The van der Waals surface area contributed by atoms with Gasteiger partial charge in [0.2, 0.25) is 0 Å². The lowest BCUT2D eigenvalue weighted by molar-refractivity contribution is 0.0691. The van der Waals surface area contributed by atoms with Gasteiger partial charge in [-0.1, -0.05) is 6.07 Å². The fraction of sp³-hybridized carbons (Fsp3) is 0.167. The number of rotatable bonds is 4. The maximum atomic E-state index is 11.7. The van der Waals surface area contributed by atoms with Gasteiger partial charge in [-0.15, -0.1) is 11.3 Å². The molecule has 0 saturated carbocycles. The Hall–Kier alpha value is -2.48. The Morgan fingerprint density at radius 1 is 1.40 bits per heavy atom. The molecule has 0 fully saturated rings. The van der Waals surface area contributed by atoms with Gasteiger partial charge < -0.3 is 10.4 Å². The lowest BCUT2D eigenvalue weighted by atomic mass is 10.3. The van der Waals surface area contributed by atoms with Crippen LogP contribution in [0.1, 0.15) is 28.5 Å². The van der Waals surface area contributed by atoms with E-state index in [-0.39, 0.29) is 5.69 Å². The molecular formula is C12H12N4O3S. The number of amides is 2. The van der Waals surface area contributed by atoms with Crippen LogP contribution in [0.5, 0.6) is 0 Å². The predicted molar refractivity (Wildman–Crippen MR) is 73.9 cm³/mol. The molecule has 0 aliphatic rings. The van der Waals surface area contributed by atoms with Gasteiger partial charge in [-0.2, -0.15) is 0 Å². The first kappa shape index (κ1) is 13.9. The molecule has 104 valence electrons. The van der Waals surface area contributed by atoms with Crippen molar-refractivity contribution in [1.82, 2.24) is 15.3 Å². The Morgan fingerprint density at radius 2 is 2.20 bits per heavy atom. The van der Waals surface area contributed by atoms with Gasteiger partial charge in [0.15, 0.2) is 5.69 Å². The summed E-state index contributed by atoms with van der Waals surface area (Å²) in [6.07, 6.45) is 1.57. The van der Waals surface area contributed by atoms with Crippen molar-refractivity contribution in [1.29, 1.82) is 0 Å². The molecule has 0 radical (unpaired) electrons. The number of aromatic carboxylic acids is 1. The molecule has 20 heavy (non-hydrogen) atoms. The number of carboxylic acid groups (broad SMARTS) is 1. The summed E-state index contributed by atoms with van der Waals surface area (Å²) in [7, 11) is 0. The molecule has 2 aromatic heterocycles. The highest BCUT2D eigenvalue weighted by Gasteiger charge is 2.16. The Balaban J connectivity index is 1.95. The largest absolute Gasteiger partial charge is 0.476 e. The molecular weight excluding hydrogens is 280 g/mol. The molecule has 0 saturated heterocycles. The lowest BCUT2D eigenvalue weighted by Gasteiger charge is -2.11. The smallest absolute Gasteiger partial charge is 0.355 e. The molecule has 3 N–H and O–H groups in total. The van der Waals surface area contributed by atoms with Gasteiger partial charge in [-0.05, 0) is 19.1 Å². The highest BCUT2D eigenvalue weighted by molar-refractivity contribution is 7.09. The van der Waals surface area contributed by atoms with Crippen LogP contribution in [0, 0.1) is 0 Å². The van der Waals surface area contributed by atoms with Gasteiger partial charge >= 0.3 is 12.0 Å². The Kier molecular flexibility index (Phi) is 4.26. The van der Waals surface area contributed by atoms with E-state index >= 15 is 0 Å². The van der Waals surface area contributed by atoms with Gasteiger partial charge in [-0.3, -0.25) is 5.32 Å². The van der Waals surface area contributed by atoms with Gasteiger partial charge in [0.1, 0.15) is 10.8 Å². The van der Waals surface area contributed by atoms with E-state index in [1.165, 1.54) is 16.7 Å². The maximum Gasteiger partial charge on any atom is 0.355 e. The highest BCUT2D eigenvalue weighted by Crippen LogP contribution is 2.18. The van der Waals surface area contributed by atoms with E-state index in [0.717, 1.165) is 0 Å². The third-order valence-electron chi connectivity index (χ3n) is 2.37. The van der Waals surface area contributed by atoms with Crippen LogP contribution in [0.25, 0.3) is 0 Å². The number of carbonyl (C=O) groups excluding carboxylic acids is 1. The average molecular weight is 292 g/mol. The van der Waals surface area contributed by atoms with E-state index in [2.05, 4.69) is 20.6 Å². The van der Waals surface area contributed by atoms with Crippen molar-refractivity contribution < 1.29 is 14.7 Å². The Bertz CT molecular complexity index is 614. The summed E-state index contributed by atoms with van der Waals surface area (Å²) < 4.78 is 0. The molecule has 8 heteroatoms. The zero-order chi connectivity index (χ0) is 14.5. The second-order valence-corrected chi connectivity index (χ2v) is 4.80. The van der Waals surface area contributed by atoms with Crippen LogP contribution in [-0.2, 0) is 0 Å². The van der Waals surface area contributed by atoms with Gasteiger partial charge in [0, 0.05) is 11.6 Å². The number of hydrogen-bond acceptors (Lipinski definition) is 5. The van der Waals surface area contributed by atoms with Crippen molar-refractivity contribution in [3.8, 4) is 0 Å². The number of aromatic nitrogens is 2. The summed E-state index contributed by atoms with van der Waals surface area (Å²) in [5.41, 5.74) is -0.0243. The fourth-order valence-corrected chi connectivity index (χ4v) is 2.23. The van der Waals surface area contributed by atoms with Crippen LogP contribution in [0.2, 0.25) is 0 Å². The van der Waals surface area contributed by atoms with E-state index in [0.29, 0.717) is 10.8 Å². The fourth-order valence-electron chi connectivity index (χ4n) is 1.43. The number of carboxylic acids is 1. The number of pyridine rings is 1. The first-order valence-electron chi connectivity index (χ1n) is 5.73. The number of urea groups is 1. The SMILES string of the molecule is CC(NC(=O)Nc1ccccn1)c1nc(C(=O)O)cs1. The van der Waals surface area contributed by atoms with Crippen molar-refractivity contribution >= 4 is 29.2 Å². The minimum atomic E-state index is -1.09. The zero-order valence-corrected chi connectivity index (χ0v) is 11.3. The lowest BCUT2D eigenvalue weighted by Crippen LogP contribution is -2.31. The topological polar surface area (TPSA) is 104 Å². The molecule has 2 rings (SSSR count). The number of carbonyl (C=O) groups is 2. The second kappa shape index (κ2) is 6.11. The second-order valence-electron chi connectivity index (χ2n) is 3.91. The van der Waals surface area contributed by atoms with E-state index in [1.54, 1.807) is 31.3 Å². The maximum absolute atomic E-state index is 11.7. The van der Waals surface area contributed by atoms with E-state index < -0.39 is 18.0 Å². The quantitative estimate of drug-likeness (QED) is 0.800. The van der Waals surface area contributed by atoms with Gasteiger partial charge in [0.05, 0.1) is 6.04 Å². The standard InChI is InChI=1S/C12H12N4O3S/c1-7(10-15-8(6-20-10)11(17)18)14-12(19)16-9-4-2-3-5-13-9/h2-7H,1H3,(H,17,18)(H2,13,14,16,19). The predicted octanol–water partition coefficient (Wildman–Crippen LogP) is 2.12. The van der Waals surface area contributed by atoms with E-state index in [9.17, 15) is 9.59 Å². The van der Waals surface area contributed by atoms with Gasteiger partial charge in [0.25, 0.3) is 0 Å². The Labute approximate surface area is 118 Å².